The number of unbranched alkanes of at least 4 members (excludes halogenated alkanes) is 6. The monoisotopic (exact) mass is 606 g/mol. The Bertz CT molecular complexity index is 1130. The summed E-state index contributed by atoms with van der Waals surface area (Å²) in [5.41, 5.74) is -0.519. The maximum atomic E-state index is 14.6. The van der Waals surface area contributed by atoms with Crippen molar-refractivity contribution < 1.29 is 41.7 Å². The molecule has 0 saturated heterocycles. The fraction of sp³-hybridized carbons (Fsp3) is 0.588. The largest absolute Gasteiger partial charge is 0.493 e. The standard InChI is InChI=1S/C34H45F3O6/c1-3-5-7-8-9-10-22-40-30-21-20-28(31(36)32(30)37)33(38)42-27-18-16-25(17-19-27)41-23-24-12-14-26(15-13-24)43-34(39)29(35)11-6-4-2/h16-21,24,26,29H,3-15,22-23H2,1-2H3/t24?,26?,29-/m0/s1. The van der Waals surface area contributed by atoms with Gasteiger partial charge in [-0.25, -0.2) is 18.4 Å². The van der Waals surface area contributed by atoms with Crippen LogP contribution < -0.4 is 14.2 Å². The number of hydrogen-bond acceptors (Lipinski definition) is 6. The molecule has 0 amide bonds. The molecule has 0 unspecified atom stereocenters. The van der Waals surface area contributed by atoms with E-state index in [0.29, 0.717) is 31.6 Å². The quantitative estimate of drug-likeness (QED) is 0.0959. The van der Waals surface area contributed by atoms with Crippen LogP contribution in [0.5, 0.6) is 17.2 Å². The fourth-order valence-electron chi connectivity index (χ4n) is 5.00. The Morgan fingerprint density at radius 1 is 0.791 bits per heavy atom. The molecule has 6 nitrogen and oxygen atoms in total. The summed E-state index contributed by atoms with van der Waals surface area (Å²) >= 11 is 0. The van der Waals surface area contributed by atoms with Gasteiger partial charge in [0.15, 0.2) is 17.7 Å². The first kappa shape index (κ1) is 34.3. The van der Waals surface area contributed by atoms with Crippen LogP contribution in [0.2, 0.25) is 0 Å². The highest BCUT2D eigenvalue weighted by Gasteiger charge is 2.27. The molecular weight excluding hydrogens is 561 g/mol. The van der Waals surface area contributed by atoms with Crippen molar-refractivity contribution in [1.82, 2.24) is 0 Å². The van der Waals surface area contributed by atoms with E-state index in [1.165, 1.54) is 24.6 Å². The maximum absolute atomic E-state index is 14.6. The highest BCUT2D eigenvalue weighted by molar-refractivity contribution is 5.91. The number of carbonyl (C=O) groups is 2. The van der Waals surface area contributed by atoms with Crippen molar-refractivity contribution in [2.24, 2.45) is 5.92 Å². The Balaban J connectivity index is 1.39. The number of alkyl halides is 1. The molecule has 9 heteroatoms. The summed E-state index contributed by atoms with van der Waals surface area (Å²) in [4.78, 5) is 24.4. The lowest BCUT2D eigenvalue weighted by atomic mass is 9.88. The zero-order valence-corrected chi connectivity index (χ0v) is 25.4. The number of carbonyl (C=O) groups excluding carboxylic acids is 2. The van der Waals surface area contributed by atoms with E-state index >= 15 is 0 Å². The second kappa shape index (κ2) is 18.4. The van der Waals surface area contributed by atoms with Crippen molar-refractivity contribution in [2.75, 3.05) is 13.2 Å². The van der Waals surface area contributed by atoms with Crippen molar-refractivity contribution in [3.05, 3.63) is 53.6 Å². The first-order valence-corrected chi connectivity index (χ1v) is 15.7. The number of ether oxygens (including phenoxy) is 4. The third-order valence-corrected chi connectivity index (χ3v) is 7.69. The molecule has 0 radical (unpaired) electrons. The second-order valence-corrected chi connectivity index (χ2v) is 11.2. The van der Waals surface area contributed by atoms with E-state index in [2.05, 4.69) is 6.92 Å². The van der Waals surface area contributed by atoms with Crippen LogP contribution in [0.25, 0.3) is 0 Å². The van der Waals surface area contributed by atoms with E-state index in [4.69, 9.17) is 18.9 Å². The molecule has 2 aromatic carbocycles. The van der Waals surface area contributed by atoms with Crippen molar-refractivity contribution >= 4 is 11.9 Å². The van der Waals surface area contributed by atoms with E-state index in [1.54, 1.807) is 12.1 Å². The number of hydrogen-bond donors (Lipinski definition) is 0. The van der Waals surface area contributed by atoms with E-state index in [0.717, 1.165) is 57.4 Å². The van der Waals surface area contributed by atoms with Crippen molar-refractivity contribution in [1.29, 1.82) is 0 Å². The first-order chi connectivity index (χ1) is 20.8. The van der Waals surface area contributed by atoms with E-state index in [-0.39, 0.29) is 36.5 Å². The Hall–Kier alpha value is -3.23. The molecule has 1 aliphatic rings. The zero-order chi connectivity index (χ0) is 31.0. The summed E-state index contributed by atoms with van der Waals surface area (Å²) in [6.45, 7) is 4.83. The molecule has 1 fully saturated rings. The average molecular weight is 607 g/mol. The summed E-state index contributed by atoms with van der Waals surface area (Å²) in [5, 5.41) is 0. The Labute approximate surface area is 253 Å². The lowest BCUT2D eigenvalue weighted by Crippen LogP contribution is -2.30. The van der Waals surface area contributed by atoms with Gasteiger partial charge in [0.25, 0.3) is 0 Å². The molecule has 0 N–H and O–H groups in total. The molecular formula is C34H45F3O6. The third-order valence-electron chi connectivity index (χ3n) is 7.69. The molecule has 0 spiro atoms. The van der Waals surface area contributed by atoms with Crippen LogP contribution in [0.4, 0.5) is 13.2 Å². The highest BCUT2D eigenvalue weighted by atomic mass is 19.2. The average Bonchev–Trinajstić information content (AvgIpc) is 3.01. The summed E-state index contributed by atoms with van der Waals surface area (Å²) < 4.78 is 64.9. The number of esters is 2. The van der Waals surface area contributed by atoms with Gasteiger partial charge in [-0.05, 0) is 80.8 Å². The van der Waals surface area contributed by atoms with Gasteiger partial charge < -0.3 is 18.9 Å². The van der Waals surface area contributed by atoms with Crippen LogP contribution in [-0.2, 0) is 9.53 Å². The smallest absolute Gasteiger partial charge is 0.346 e. The van der Waals surface area contributed by atoms with Crippen LogP contribution >= 0.6 is 0 Å². The minimum absolute atomic E-state index is 0.160. The molecule has 0 aromatic heterocycles. The van der Waals surface area contributed by atoms with Gasteiger partial charge >= 0.3 is 11.9 Å². The Morgan fingerprint density at radius 3 is 2.14 bits per heavy atom. The molecule has 0 heterocycles. The lowest BCUT2D eigenvalue weighted by molar-refractivity contribution is -0.157. The predicted molar refractivity (Wildman–Crippen MR) is 158 cm³/mol. The van der Waals surface area contributed by atoms with Crippen LogP contribution in [0.3, 0.4) is 0 Å². The van der Waals surface area contributed by atoms with Gasteiger partial charge in [-0.15, -0.1) is 0 Å². The minimum Gasteiger partial charge on any atom is -0.493 e. The van der Waals surface area contributed by atoms with Gasteiger partial charge in [-0.3, -0.25) is 0 Å². The molecule has 1 aliphatic carbocycles. The Morgan fingerprint density at radius 2 is 1.44 bits per heavy atom. The molecule has 43 heavy (non-hydrogen) atoms. The van der Waals surface area contributed by atoms with Crippen molar-refractivity contribution in [3.63, 3.8) is 0 Å². The fourth-order valence-corrected chi connectivity index (χ4v) is 5.00. The van der Waals surface area contributed by atoms with Gasteiger partial charge in [0.1, 0.15) is 17.6 Å². The molecule has 1 saturated carbocycles. The molecule has 1 atom stereocenters. The molecule has 0 aliphatic heterocycles. The van der Waals surface area contributed by atoms with E-state index < -0.39 is 35.3 Å². The summed E-state index contributed by atoms with van der Waals surface area (Å²) in [6.07, 6.45) is 9.08. The van der Waals surface area contributed by atoms with Gasteiger partial charge in [0.2, 0.25) is 5.82 Å². The number of halogens is 3. The first-order valence-electron chi connectivity index (χ1n) is 15.7. The van der Waals surface area contributed by atoms with Crippen molar-refractivity contribution in [2.45, 2.75) is 110 Å². The van der Waals surface area contributed by atoms with Crippen molar-refractivity contribution in [3.8, 4) is 17.2 Å². The number of benzene rings is 2. The zero-order valence-electron chi connectivity index (χ0n) is 25.4. The molecule has 3 rings (SSSR count). The van der Waals surface area contributed by atoms with Gasteiger partial charge in [-0.2, -0.15) is 4.39 Å². The highest BCUT2D eigenvalue weighted by Crippen LogP contribution is 2.29. The van der Waals surface area contributed by atoms with Crippen LogP contribution in [0.1, 0.15) is 108 Å². The third kappa shape index (κ3) is 11.4. The van der Waals surface area contributed by atoms with E-state index in [1.807, 2.05) is 6.92 Å². The summed E-state index contributed by atoms with van der Waals surface area (Å²) in [5.74, 6) is -3.53. The molecule has 238 valence electrons. The predicted octanol–water partition coefficient (Wildman–Crippen LogP) is 8.93. The second-order valence-electron chi connectivity index (χ2n) is 11.2. The lowest BCUT2D eigenvalue weighted by Gasteiger charge is -2.28. The van der Waals surface area contributed by atoms with Gasteiger partial charge in [0, 0.05) is 0 Å². The van der Waals surface area contributed by atoms with Crippen LogP contribution in [0.15, 0.2) is 36.4 Å². The summed E-state index contributed by atoms with van der Waals surface area (Å²) in [7, 11) is 0. The minimum atomic E-state index is -1.55. The molecule has 0 bridgehead atoms. The van der Waals surface area contributed by atoms with Gasteiger partial charge in [0.05, 0.1) is 18.8 Å². The molecule has 2 aromatic rings. The van der Waals surface area contributed by atoms with Gasteiger partial charge in [-0.1, -0.05) is 58.8 Å². The maximum Gasteiger partial charge on any atom is 0.346 e. The topological polar surface area (TPSA) is 71.1 Å². The van der Waals surface area contributed by atoms with Crippen LogP contribution in [0, 0.1) is 17.6 Å². The van der Waals surface area contributed by atoms with E-state index in [9.17, 15) is 22.8 Å². The summed E-state index contributed by atoms with van der Waals surface area (Å²) in [6, 6.07) is 8.69. The SMILES string of the molecule is CCCCCCCCOc1ccc(C(=O)Oc2ccc(OCC3CCC(OC(=O)[C@@H](F)CCCC)CC3)cc2)c(F)c1F. The Kier molecular flexibility index (Phi) is 14.7. The van der Waals surface area contributed by atoms with Crippen LogP contribution in [-0.4, -0.2) is 37.4 Å². The normalized spacial score (nSPS) is 17.2. The number of rotatable bonds is 18.